The van der Waals surface area contributed by atoms with Gasteiger partial charge in [0.25, 0.3) is 0 Å². The number of hydrogen-bond acceptors (Lipinski definition) is 1. The molecule has 11 heavy (non-hydrogen) atoms. The van der Waals surface area contributed by atoms with Crippen molar-refractivity contribution in [2.45, 2.75) is 13.8 Å². The van der Waals surface area contributed by atoms with E-state index in [1.54, 1.807) is 5.80 Å². The number of rotatable bonds is 1. The highest BCUT2D eigenvalue weighted by atomic mass is 31.0. The summed E-state index contributed by atoms with van der Waals surface area (Å²) in [5.41, 5.74) is 7.39. The standard InChI is InChI=1S/C7H8NP.C2H6/c8-7-4-2-1-3-6(7)5-9;1-2/h1-5,9H,8H2;1-2H3. The van der Waals surface area contributed by atoms with Crippen LogP contribution in [0, 0.1) is 0 Å². The van der Waals surface area contributed by atoms with Gasteiger partial charge in [0.05, 0.1) is 0 Å². The topological polar surface area (TPSA) is 26.0 Å². The second kappa shape index (κ2) is 5.94. The Labute approximate surface area is 70.5 Å². The van der Waals surface area contributed by atoms with E-state index in [1.807, 2.05) is 38.1 Å². The lowest BCUT2D eigenvalue weighted by Crippen LogP contribution is -1.89. The molecular weight excluding hydrogens is 153 g/mol. The van der Waals surface area contributed by atoms with Crippen molar-refractivity contribution in [3.8, 4) is 0 Å². The predicted molar refractivity (Wildman–Crippen MR) is 55.7 cm³/mol. The molecular formula is C9H14NP. The van der Waals surface area contributed by atoms with E-state index in [9.17, 15) is 0 Å². The molecule has 1 rings (SSSR count). The summed E-state index contributed by atoms with van der Waals surface area (Å²) in [5, 5.41) is 0. The summed E-state index contributed by atoms with van der Waals surface area (Å²) < 4.78 is 0. The van der Waals surface area contributed by atoms with Gasteiger partial charge in [-0.3, -0.25) is 0 Å². The molecule has 1 nitrogen and oxygen atoms in total. The molecule has 0 aliphatic heterocycles. The molecule has 60 valence electrons. The summed E-state index contributed by atoms with van der Waals surface area (Å²) in [6.45, 7) is 4.00. The number of para-hydroxylation sites is 1. The molecule has 2 N–H and O–H groups in total. The van der Waals surface area contributed by atoms with Crippen molar-refractivity contribution in [3.05, 3.63) is 29.8 Å². The monoisotopic (exact) mass is 167 g/mol. The van der Waals surface area contributed by atoms with Crippen LogP contribution in [0.15, 0.2) is 24.3 Å². The van der Waals surface area contributed by atoms with Gasteiger partial charge in [-0.15, -0.1) is 8.86 Å². The minimum Gasteiger partial charge on any atom is -0.398 e. The number of anilines is 1. The van der Waals surface area contributed by atoms with Crippen LogP contribution < -0.4 is 5.73 Å². The zero-order valence-corrected chi connectivity index (χ0v) is 7.96. The van der Waals surface area contributed by atoms with Gasteiger partial charge in [0.15, 0.2) is 0 Å². The Morgan fingerprint density at radius 3 is 2.18 bits per heavy atom. The predicted octanol–water partition coefficient (Wildman–Crippen LogP) is 2.59. The largest absolute Gasteiger partial charge is 0.398 e. The number of nitrogens with two attached hydrogens (primary N) is 1. The molecule has 0 amide bonds. The lowest BCUT2D eigenvalue weighted by molar-refractivity contribution is 1.50. The minimum atomic E-state index is 0.799. The molecule has 0 unspecified atom stereocenters. The van der Waals surface area contributed by atoms with Gasteiger partial charge in [-0.05, 0) is 11.9 Å². The van der Waals surface area contributed by atoms with Crippen LogP contribution in [-0.4, -0.2) is 5.80 Å². The molecule has 0 atom stereocenters. The van der Waals surface area contributed by atoms with Crippen LogP contribution in [0.4, 0.5) is 5.69 Å². The average molecular weight is 167 g/mol. The summed E-state index contributed by atoms with van der Waals surface area (Å²) in [4.78, 5) is 0. The van der Waals surface area contributed by atoms with Gasteiger partial charge in [-0.1, -0.05) is 32.0 Å². The average Bonchev–Trinajstić information content (AvgIpc) is 2.09. The van der Waals surface area contributed by atoms with Gasteiger partial charge in [0.1, 0.15) is 0 Å². The molecule has 0 spiro atoms. The maximum absolute atomic E-state index is 5.57. The molecule has 0 aliphatic carbocycles. The quantitative estimate of drug-likeness (QED) is 0.505. The zero-order valence-electron chi connectivity index (χ0n) is 6.96. The third kappa shape index (κ3) is 3.20. The van der Waals surface area contributed by atoms with Gasteiger partial charge in [-0.2, -0.15) is 0 Å². The maximum atomic E-state index is 5.57. The minimum absolute atomic E-state index is 0.799. The van der Waals surface area contributed by atoms with Crippen LogP contribution in [-0.2, 0) is 0 Å². The van der Waals surface area contributed by atoms with Crippen LogP contribution in [0.1, 0.15) is 19.4 Å². The Morgan fingerprint density at radius 1 is 1.27 bits per heavy atom. The molecule has 0 saturated heterocycles. The number of benzene rings is 1. The van der Waals surface area contributed by atoms with Crippen molar-refractivity contribution in [2.75, 3.05) is 5.73 Å². The Balaban J connectivity index is 0.000000461. The highest BCUT2D eigenvalue weighted by Crippen LogP contribution is 2.06. The van der Waals surface area contributed by atoms with E-state index in [0.29, 0.717) is 0 Å². The summed E-state index contributed by atoms with van der Waals surface area (Å²) in [6, 6.07) is 7.67. The normalized spacial score (nSPS) is 7.82. The summed E-state index contributed by atoms with van der Waals surface area (Å²) in [7, 11) is 3.25. The fourth-order valence-corrected chi connectivity index (χ4v) is 0.905. The van der Waals surface area contributed by atoms with Crippen molar-refractivity contribution < 1.29 is 0 Å². The molecule has 0 fully saturated rings. The Bertz CT molecular complexity index is 221. The van der Waals surface area contributed by atoms with E-state index in [4.69, 9.17) is 5.73 Å². The third-order valence-corrected chi connectivity index (χ3v) is 1.46. The number of hydrogen-bond donors (Lipinski definition) is 1. The zero-order chi connectivity index (χ0) is 8.69. The Morgan fingerprint density at radius 2 is 1.82 bits per heavy atom. The first-order chi connectivity index (χ1) is 5.34. The third-order valence-electron chi connectivity index (χ3n) is 1.15. The van der Waals surface area contributed by atoms with E-state index in [2.05, 4.69) is 8.86 Å². The highest BCUT2D eigenvalue weighted by Gasteiger charge is 1.87. The van der Waals surface area contributed by atoms with Crippen LogP contribution in [0.25, 0.3) is 0 Å². The fraction of sp³-hybridized carbons (Fsp3) is 0.222. The molecule has 0 aliphatic rings. The highest BCUT2D eigenvalue weighted by molar-refractivity contribution is 7.19. The van der Waals surface area contributed by atoms with Crippen LogP contribution >= 0.6 is 8.86 Å². The van der Waals surface area contributed by atoms with Crippen molar-refractivity contribution in [2.24, 2.45) is 0 Å². The van der Waals surface area contributed by atoms with E-state index in [1.165, 1.54) is 0 Å². The first-order valence-electron chi connectivity index (χ1n) is 3.69. The van der Waals surface area contributed by atoms with Crippen LogP contribution in [0.2, 0.25) is 0 Å². The van der Waals surface area contributed by atoms with Gasteiger partial charge in [-0.25, -0.2) is 0 Å². The molecule has 0 radical (unpaired) electrons. The van der Waals surface area contributed by atoms with E-state index < -0.39 is 0 Å². The van der Waals surface area contributed by atoms with Gasteiger partial charge >= 0.3 is 0 Å². The Kier molecular flexibility index (Phi) is 5.50. The molecule has 0 heterocycles. The van der Waals surface area contributed by atoms with Gasteiger partial charge in [0.2, 0.25) is 0 Å². The van der Waals surface area contributed by atoms with Gasteiger partial charge in [0, 0.05) is 11.3 Å². The lowest BCUT2D eigenvalue weighted by atomic mass is 10.2. The molecule has 1 aromatic rings. The second-order valence-corrected chi connectivity index (χ2v) is 2.06. The second-order valence-electron chi connectivity index (χ2n) is 1.77. The van der Waals surface area contributed by atoms with Crippen molar-refractivity contribution in [3.63, 3.8) is 0 Å². The summed E-state index contributed by atoms with van der Waals surface area (Å²) in [6.07, 6.45) is 0. The number of nitrogen functional groups attached to an aromatic ring is 1. The molecule has 1 aromatic carbocycles. The first kappa shape index (κ1) is 10.2. The SMILES string of the molecule is CC.Nc1ccccc1C=P. The van der Waals surface area contributed by atoms with Crippen molar-refractivity contribution in [1.29, 1.82) is 0 Å². The maximum Gasteiger partial charge on any atom is 0.0390 e. The molecule has 0 bridgehead atoms. The van der Waals surface area contributed by atoms with Crippen molar-refractivity contribution >= 4 is 20.3 Å². The van der Waals surface area contributed by atoms with Crippen LogP contribution in [0.3, 0.4) is 0 Å². The van der Waals surface area contributed by atoms with Crippen LogP contribution in [0.5, 0.6) is 0 Å². The lowest BCUT2D eigenvalue weighted by Gasteiger charge is -1.95. The molecule has 2 heteroatoms. The smallest absolute Gasteiger partial charge is 0.0390 e. The molecule has 0 saturated carbocycles. The molecule has 0 aromatic heterocycles. The van der Waals surface area contributed by atoms with E-state index in [0.717, 1.165) is 11.3 Å². The summed E-state index contributed by atoms with van der Waals surface area (Å²) in [5.74, 6) is 1.80. The van der Waals surface area contributed by atoms with Gasteiger partial charge < -0.3 is 5.73 Å². The Hall–Kier alpha value is -0.810. The first-order valence-corrected chi connectivity index (χ1v) is 4.27. The van der Waals surface area contributed by atoms with Crippen molar-refractivity contribution in [1.82, 2.24) is 0 Å². The van der Waals surface area contributed by atoms with E-state index in [-0.39, 0.29) is 0 Å². The fourth-order valence-electron chi connectivity index (χ4n) is 0.642. The summed E-state index contributed by atoms with van der Waals surface area (Å²) >= 11 is 0. The van der Waals surface area contributed by atoms with E-state index >= 15 is 0 Å².